The molecular weight excluding hydrogens is 319 g/mol. The number of nitrogens with one attached hydrogen (secondary N) is 1. The van der Waals surface area contributed by atoms with Crippen LogP contribution in [0.4, 0.5) is 10.2 Å². The quantitative estimate of drug-likeness (QED) is 0.595. The molecule has 0 aliphatic rings. The molecule has 2 N–H and O–H groups in total. The van der Waals surface area contributed by atoms with Gasteiger partial charge in [-0.2, -0.15) is 9.61 Å². The fraction of sp³-hybridized carbons (Fsp3) is 0.0526. The molecule has 0 saturated heterocycles. The molecule has 0 atom stereocenters. The zero-order valence-corrected chi connectivity index (χ0v) is 13.2. The summed E-state index contributed by atoms with van der Waals surface area (Å²) in [6.07, 6.45) is 1.68. The van der Waals surface area contributed by atoms with Crippen LogP contribution < -0.4 is 5.32 Å². The maximum atomic E-state index is 13.2. The van der Waals surface area contributed by atoms with Gasteiger partial charge in [-0.3, -0.25) is 0 Å². The Bertz CT molecular complexity index is 1010. The van der Waals surface area contributed by atoms with Crippen molar-refractivity contribution in [3.63, 3.8) is 0 Å². The van der Waals surface area contributed by atoms with E-state index in [9.17, 15) is 9.50 Å². The molecule has 0 radical (unpaired) electrons. The van der Waals surface area contributed by atoms with Gasteiger partial charge in [0.1, 0.15) is 17.4 Å². The van der Waals surface area contributed by atoms with Crippen molar-refractivity contribution in [1.29, 1.82) is 0 Å². The molecule has 0 aliphatic heterocycles. The molecule has 5 nitrogen and oxygen atoms in total. The predicted molar refractivity (Wildman–Crippen MR) is 93.8 cm³/mol. The average Bonchev–Trinajstić information content (AvgIpc) is 3.10. The summed E-state index contributed by atoms with van der Waals surface area (Å²) in [5.74, 6) is 0.739. The molecule has 2 aromatic carbocycles. The second kappa shape index (κ2) is 6.24. The van der Waals surface area contributed by atoms with E-state index < -0.39 is 0 Å². The Labute approximate surface area is 143 Å². The van der Waals surface area contributed by atoms with Crippen LogP contribution in [0.25, 0.3) is 16.9 Å². The summed E-state index contributed by atoms with van der Waals surface area (Å²) in [5.41, 5.74) is 3.30. The van der Waals surface area contributed by atoms with Crippen molar-refractivity contribution in [3.05, 3.63) is 78.2 Å². The van der Waals surface area contributed by atoms with Crippen molar-refractivity contribution in [1.82, 2.24) is 14.6 Å². The van der Waals surface area contributed by atoms with E-state index >= 15 is 0 Å². The third-order valence-corrected chi connectivity index (χ3v) is 3.91. The first-order valence-corrected chi connectivity index (χ1v) is 7.81. The number of phenolic OH excluding ortho intramolecular Hbond substituents is 1. The SMILES string of the molecule is Oc1ccc(CNc2cc(-c3ccc(F)cc3)nc3ccnn23)cc1. The fourth-order valence-electron chi connectivity index (χ4n) is 2.61. The molecule has 0 bridgehead atoms. The smallest absolute Gasteiger partial charge is 0.157 e. The maximum Gasteiger partial charge on any atom is 0.157 e. The highest BCUT2D eigenvalue weighted by atomic mass is 19.1. The maximum absolute atomic E-state index is 13.2. The molecular formula is C19H15FN4O. The van der Waals surface area contributed by atoms with Gasteiger partial charge in [-0.15, -0.1) is 0 Å². The summed E-state index contributed by atoms with van der Waals surface area (Å²) >= 11 is 0. The van der Waals surface area contributed by atoms with Gasteiger partial charge in [0.25, 0.3) is 0 Å². The zero-order valence-electron chi connectivity index (χ0n) is 13.2. The predicted octanol–water partition coefficient (Wildman–Crippen LogP) is 3.85. The van der Waals surface area contributed by atoms with Gasteiger partial charge in [0.2, 0.25) is 0 Å². The molecule has 2 aromatic heterocycles. The minimum atomic E-state index is -0.278. The normalized spacial score (nSPS) is 10.9. The van der Waals surface area contributed by atoms with E-state index in [4.69, 9.17) is 0 Å². The van der Waals surface area contributed by atoms with Crippen molar-refractivity contribution >= 4 is 11.5 Å². The van der Waals surface area contributed by atoms with Gasteiger partial charge < -0.3 is 10.4 Å². The van der Waals surface area contributed by atoms with Gasteiger partial charge in [-0.25, -0.2) is 9.37 Å². The molecule has 0 spiro atoms. The number of nitrogens with zero attached hydrogens (tertiary/aromatic N) is 3. The van der Waals surface area contributed by atoms with Gasteiger partial charge in [-0.1, -0.05) is 12.1 Å². The second-order valence-corrected chi connectivity index (χ2v) is 5.65. The van der Waals surface area contributed by atoms with Crippen molar-refractivity contribution < 1.29 is 9.50 Å². The van der Waals surface area contributed by atoms with E-state index in [2.05, 4.69) is 15.4 Å². The van der Waals surface area contributed by atoms with E-state index in [1.54, 1.807) is 35.0 Å². The van der Waals surface area contributed by atoms with Crippen LogP contribution >= 0.6 is 0 Å². The molecule has 0 fully saturated rings. The molecule has 0 unspecified atom stereocenters. The lowest BCUT2D eigenvalue weighted by atomic mass is 10.1. The number of aromatic hydroxyl groups is 1. The molecule has 4 aromatic rings. The first-order chi connectivity index (χ1) is 12.2. The zero-order chi connectivity index (χ0) is 17.2. The number of hydrogen-bond donors (Lipinski definition) is 2. The lowest BCUT2D eigenvalue weighted by molar-refractivity contribution is 0.475. The van der Waals surface area contributed by atoms with Crippen LogP contribution in [-0.2, 0) is 6.54 Å². The van der Waals surface area contributed by atoms with Gasteiger partial charge in [0.05, 0.1) is 11.9 Å². The van der Waals surface area contributed by atoms with Crippen LogP contribution in [-0.4, -0.2) is 19.7 Å². The Hall–Kier alpha value is -3.41. The summed E-state index contributed by atoms with van der Waals surface area (Å²) < 4.78 is 14.9. The Morgan fingerprint density at radius 2 is 1.76 bits per heavy atom. The first kappa shape index (κ1) is 15.1. The summed E-state index contributed by atoms with van der Waals surface area (Å²) in [7, 11) is 0. The summed E-state index contributed by atoms with van der Waals surface area (Å²) in [6, 6.07) is 16.9. The van der Waals surface area contributed by atoms with Crippen LogP contribution in [0.3, 0.4) is 0 Å². The highest BCUT2D eigenvalue weighted by Crippen LogP contribution is 2.23. The molecule has 0 aliphatic carbocycles. The third-order valence-electron chi connectivity index (χ3n) is 3.91. The van der Waals surface area contributed by atoms with Gasteiger partial charge >= 0.3 is 0 Å². The summed E-state index contributed by atoms with van der Waals surface area (Å²) in [4.78, 5) is 4.57. The van der Waals surface area contributed by atoms with Crippen LogP contribution in [0, 0.1) is 5.82 Å². The number of aromatic nitrogens is 3. The number of benzene rings is 2. The summed E-state index contributed by atoms with van der Waals surface area (Å²) in [6.45, 7) is 0.572. The molecule has 2 heterocycles. The molecule has 0 amide bonds. The number of rotatable bonds is 4. The van der Waals surface area contributed by atoms with Crippen molar-refractivity contribution in [2.75, 3.05) is 5.32 Å². The highest BCUT2D eigenvalue weighted by molar-refractivity contribution is 5.66. The van der Waals surface area contributed by atoms with Crippen molar-refractivity contribution in [2.24, 2.45) is 0 Å². The minimum Gasteiger partial charge on any atom is -0.508 e. The molecule has 4 rings (SSSR count). The van der Waals surface area contributed by atoms with Gasteiger partial charge in [0.15, 0.2) is 5.65 Å². The fourth-order valence-corrected chi connectivity index (χ4v) is 2.61. The minimum absolute atomic E-state index is 0.237. The Balaban J connectivity index is 1.68. The topological polar surface area (TPSA) is 62.5 Å². The number of phenols is 1. The Kier molecular flexibility index (Phi) is 3.78. The van der Waals surface area contributed by atoms with Crippen LogP contribution in [0.1, 0.15) is 5.56 Å². The van der Waals surface area contributed by atoms with E-state index in [-0.39, 0.29) is 11.6 Å². The second-order valence-electron chi connectivity index (χ2n) is 5.65. The average molecular weight is 334 g/mol. The molecule has 0 saturated carbocycles. The lowest BCUT2D eigenvalue weighted by Gasteiger charge is -2.11. The number of fused-ring (bicyclic) bond motifs is 1. The van der Waals surface area contributed by atoms with Gasteiger partial charge in [-0.05, 0) is 42.0 Å². The highest BCUT2D eigenvalue weighted by Gasteiger charge is 2.08. The lowest BCUT2D eigenvalue weighted by Crippen LogP contribution is -2.06. The first-order valence-electron chi connectivity index (χ1n) is 7.81. The number of halogens is 1. The molecule has 124 valence electrons. The standard InChI is InChI=1S/C19H15FN4O/c20-15-5-3-14(4-6-15)17-11-19(24-18(23-17)9-10-22-24)21-12-13-1-7-16(25)8-2-13/h1-11,21,25H,12H2. The third kappa shape index (κ3) is 3.14. The molecule has 25 heavy (non-hydrogen) atoms. The summed E-state index contributed by atoms with van der Waals surface area (Å²) in [5, 5.41) is 17.0. The Morgan fingerprint density at radius 1 is 1.00 bits per heavy atom. The van der Waals surface area contributed by atoms with E-state index in [1.807, 2.05) is 24.3 Å². The van der Waals surface area contributed by atoms with E-state index in [1.165, 1.54) is 12.1 Å². The van der Waals surface area contributed by atoms with Crippen LogP contribution in [0.2, 0.25) is 0 Å². The Morgan fingerprint density at radius 3 is 2.52 bits per heavy atom. The van der Waals surface area contributed by atoms with E-state index in [0.29, 0.717) is 12.2 Å². The van der Waals surface area contributed by atoms with E-state index in [0.717, 1.165) is 22.6 Å². The monoisotopic (exact) mass is 334 g/mol. The number of anilines is 1. The van der Waals surface area contributed by atoms with Crippen molar-refractivity contribution in [3.8, 4) is 17.0 Å². The van der Waals surface area contributed by atoms with Crippen molar-refractivity contribution in [2.45, 2.75) is 6.54 Å². The largest absolute Gasteiger partial charge is 0.508 e. The number of hydrogen-bond acceptors (Lipinski definition) is 4. The molecule has 6 heteroatoms. The van der Waals surface area contributed by atoms with Gasteiger partial charge in [0, 0.05) is 24.2 Å². The van der Waals surface area contributed by atoms with Crippen LogP contribution in [0.5, 0.6) is 5.75 Å². The van der Waals surface area contributed by atoms with Crippen LogP contribution in [0.15, 0.2) is 66.9 Å².